The van der Waals surface area contributed by atoms with E-state index >= 15 is 0 Å². The fraction of sp³-hybridized carbons (Fsp3) is 0.684. The Labute approximate surface area is 184 Å². The molecule has 8 nitrogen and oxygen atoms in total. The van der Waals surface area contributed by atoms with E-state index in [1.807, 2.05) is 4.90 Å². The Hall–Kier alpha value is -1.33. The van der Waals surface area contributed by atoms with Crippen molar-refractivity contribution in [3.63, 3.8) is 0 Å². The van der Waals surface area contributed by atoms with Crippen LogP contribution < -0.4 is 5.32 Å². The van der Waals surface area contributed by atoms with Crippen LogP contribution in [0, 0.1) is 0 Å². The van der Waals surface area contributed by atoms with Gasteiger partial charge in [-0.25, -0.2) is 0 Å². The topological polar surface area (TPSA) is 73.6 Å². The molecule has 1 atom stereocenters. The Kier molecular flexibility index (Phi) is 9.52. The lowest BCUT2D eigenvalue weighted by Gasteiger charge is -2.36. The van der Waals surface area contributed by atoms with Crippen LogP contribution in [0.25, 0.3) is 0 Å². The molecule has 1 N–H and O–H groups in total. The number of hydrogen-bond acceptors (Lipinski definition) is 5. The number of carbonyl (C=O) groups is 1. The maximum Gasteiger partial charge on any atom is 0.289 e. The van der Waals surface area contributed by atoms with Crippen LogP contribution in [-0.2, 0) is 4.74 Å². The Morgan fingerprint density at radius 3 is 2.46 bits per heavy atom. The van der Waals surface area contributed by atoms with Gasteiger partial charge in [0.15, 0.2) is 11.7 Å². The molecule has 1 amide bonds. The summed E-state index contributed by atoms with van der Waals surface area (Å²) >= 11 is 0. The van der Waals surface area contributed by atoms with Crippen LogP contribution in [0.2, 0.25) is 0 Å². The van der Waals surface area contributed by atoms with Gasteiger partial charge in [-0.15, -0.1) is 24.0 Å². The van der Waals surface area contributed by atoms with Crippen molar-refractivity contribution in [3.05, 3.63) is 24.2 Å². The minimum absolute atomic E-state index is 0. The molecule has 28 heavy (non-hydrogen) atoms. The Balaban J connectivity index is 0.00000280. The summed E-state index contributed by atoms with van der Waals surface area (Å²) in [4.78, 5) is 23.8. The van der Waals surface area contributed by atoms with E-state index in [1.165, 1.54) is 6.26 Å². The number of ether oxygens (including phenoxy) is 1. The first-order valence-corrected chi connectivity index (χ1v) is 9.87. The number of piperazine rings is 1. The predicted octanol–water partition coefficient (Wildman–Crippen LogP) is 1.34. The van der Waals surface area contributed by atoms with Gasteiger partial charge in [-0.1, -0.05) is 0 Å². The van der Waals surface area contributed by atoms with E-state index < -0.39 is 0 Å². The predicted molar refractivity (Wildman–Crippen MR) is 119 cm³/mol. The van der Waals surface area contributed by atoms with E-state index in [-0.39, 0.29) is 29.9 Å². The molecule has 0 saturated carbocycles. The molecule has 2 aliphatic heterocycles. The van der Waals surface area contributed by atoms with Gasteiger partial charge in [-0.05, 0) is 26.0 Å². The third-order valence-electron chi connectivity index (χ3n) is 5.11. The number of amides is 1. The average molecular weight is 505 g/mol. The Morgan fingerprint density at radius 2 is 1.86 bits per heavy atom. The first-order chi connectivity index (χ1) is 13.2. The van der Waals surface area contributed by atoms with Crippen LogP contribution in [0.4, 0.5) is 0 Å². The molecule has 0 bridgehead atoms. The van der Waals surface area contributed by atoms with E-state index in [9.17, 15) is 4.79 Å². The van der Waals surface area contributed by atoms with Gasteiger partial charge in [0.2, 0.25) is 0 Å². The SMILES string of the molecule is CCNC(=NCC(C)N1CCOCC1)N1CCN(C(=O)c2ccco2)CC1.I. The van der Waals surface area contributed by atoms with Crippen molar-refractivity contribution in [1.29, 1.82) is 0 Å². The molecule has 0 radical (unpaired) electrons. The minimum atomic E-state index is -0.0393. The van der Waals surface area contributed by atoms with Crippen molar-refractivity contribution in [1.82, 2.24) is 20.0 Å². The molecule has 1 aromatic rings. The highest BCUT2D eigenvalue weighted by Crippen LogP contribution is 2.10. The van der Waals surface area contributed by atoms with Crippen LogP contribution in [0.5, 0.6) is 0 Å². The second kappa shape index (κ2) is 11.6. The highest BCUT2D eigenvalue weighted by Gasteiger charge is 2.25. The lowest BCUT2D eigenvalue weighted by molar-refractivity contribution is 0.0220. The third-order valence-corrected chi connectivity index (χ3v) is 5.11. The van der Waals surface area contributed by atoms with Gasteiger partial charge in [0, 0.05) is 51.9 Å². The second-order valence-corrected chi connectivity index (χ2v) is 6.95. The van der Waals surface area contributed by atoms with Gasteiger partial charge in [0.25, 0.3) is 5.91 Å². The Bertz CT molecular complexity index is 611. The molecule has 2 saturated heterocycles. The molecule has 2 aliphatic rings. The number of nitrogens with one attached hydrogen (secondary N) is 1. The molecule has 9 heteroatoms. The second-order valence-electron chi connectivity index (χ2n) is 6.95. The lowest BCUT2D eigenvalue weighted by Crippen LogP contribution is -2.54. The molecule has 2 fully saturated rings. The van der Waals surface area contributed by atoms with Gasteiger partial charge in [-0.3, -0.25) is 14.7 Å². The summed E-state index contributed by atoms with van der Waals surface area (Å²) in [6, 6.07) is 3.85. The van der Waals surface area contributed by atoms with Gasteiger partial charge in [0.05, 0.1) is 26.0 Å². The zero-order valence-corrected chi connectivity index (χ0v) is 19.1. The summed E-state index contributed by atoms with van der Waals surface area (Å²) in [5.41, 5.74) is 0. The molecular formula is C19H32IN5O3. The highest BCUT2D eigenvalue weighted by molar-refractivity contribution is 14.0. The summed E-state index contributed by atoms with van der Waals surface area (Å²) in [5.74, 6) is 1.30. The van der Waals surface area contributed by atoms with Crippen molar-refractivity contribution in [2.24, 2.45) is 4.99 Å². The molecule has 158 valence electrons. The van der Waals surface area contributed by atoms with Gasteiger partial charge < -0.3 is 24.3 Å². The van der Waals surface area contributed by atoms with E-state index in [0.29, 0.717) is 24.9 Å². The number of hydrogen-bond donors (Lipinski definition) is 1. The molecule has 3 heterocycles. The van der Waals surface area contributed by atoms with Gasteiger partial charge >= 0.3 is 0 Å². The number of morpholine rings is 1. The van der Waals surface area contributed by atoms with Gasteiger partial charge in [0.1, 0.15) is 0 Å². The largest absolute Gasteiger partial charge is 0.459 e. The lowest BCUT2D eigenvalue weighted by atomic mass is 10.2. The molecule has 0 aliphatic carbocycles. The molecule has 0 spiro atoms. The number of carbonyl (C=O) groups excluding carboxylic acids is 1. The van der Waals surface area contributed by atoms with E-state index in [4.69, 9.17) is 14.1 Å². The molecule has 1 aromatic heterocycles. The fourth-order valence-corrected chi connectivity index (χ4v) is 3.46. The molecule has 1 unspecified atom stereocenters. The normalized spacial score (nSPS) is 19.9. The van der Waals surface area contributed by atoms with Crippen LogP contribution in [0.1, 0.15) is 24.4 Å². The molecule has 0 aromatic carbocycles. The summed E-state index contributed by atoms with van der Waals surface area (Å²) < 4.78 is 10.7. The number of guanidine groups is 1. The van der Waals surface area contributed by atoms with Crippen molar-refractivity contribution in [2.45, 2.75) is 19.9 Å². The summed E-state index contributed by atoms with van der Waals surface area (Å²) in [7, 11) is 0. The standard InChI is InChI=1S/C19H31N5O3.HI/c1-3-20-19(21-15-16(2)22-10-13-26-14-11-22)24-8-6-23(7-9-24)18(25)17-5-4-12-27-17;/h4-5,12,16H,3,6-11,13-15H2,1-2H3,(H,20,21);1H. The van der Waals surface area contributed by atoms with E-state index in [0.717, 1.165) is 58.4 Å². The average Bonchev–Trinajstić information content (AvgIpc) is 3.26. The minimum Gasteiger partial charge on any atom is -0.459 e. The first-order valence-electron chi connectivity index (χ1n) is 9.87. The van der Waals surface area contributed by atoms with E-state index in [1.54, 1.807) is 12.1 Å². The number of aliphatic imine (C=N–C) groups is 1. The number of halogens is 1. The summed E-state index contributed by atoms with van der Waals surface area (Å²) in [5, 5.41) is 3.39. The van der Waals surface area contributed by atoms with Crippen LogP contribution in [-0.4, -0.2) is 98.2 Å². The molecule has 3 rings (SSSR count). The van der Waals surface area contributed by atoms with Crippen molar-refractivity contribution >= 4 is 35.8 Å². The quantitative estimate of drug-likeness (QED) is 0.370. The van der Waals surface area contributed by atoms with Crippen molar-refractivity contribution in [2.75, 3.05) is 65.6 Å². The molecular weight excluding hydrogens is 473 g/mol. The summed E-state index contributed by atoms with van der Waals surface area (Å²) in [6.07, 6.45) is 1.54. The van der Waals surface area contributed by atoms with E-state index in [2.05, 4.69) is 29.0 Å². The van der Waals surface area contributed by atoms with Crippen molar-refractivity contribution in [3.8, 4) is 0 Å². The fourth-order valence-electron chi connectivity index (χ4n) is 3.46. The van der Waals surface area contributed by atoms with Crippen LogP contribution >= 0.6 is 24.0 Å². The summed E-state index contributed by atoms with van der Waals surface area (Å²) in [6.45, 7) is 12.3. The highest BCUT2D eigenvalue weighted by atomic mass is 127. The Morgan fingerprint density at radius 1 is 1.18 bits per heavy atom. The first kappa shape index (κ1) is 23.0. The number of furan rings is 1. The van der Waals surface area contributed by atoms with Gasteiger partial charge in [-0.2, -0.15) is 0 Å². The maximum atomic E-state index is 12.4. The third kappa shape index (κ3) is 6.08. The number of nitrogens with zero attached hydrogens (tertiary/aromatic N) is 4. The smallest absolute Gasteiger partial charge is 0.289 e. The zero-order chi connectivity index (χ0) is 19.1. The number of rotatable bonds is 5. The zero-order valence-electron chi connectivity index (χ0n) is 16.8. The monoisotopic (exact) mass is 505 g/mol. The van der Waals surface area contributed by atoms with Crippen LogP contribution in [0.3, 0.4) is 0 Å². The van der Waals surface area contributed by atoms with Crippen molar-refractivity contribution < 1.29 is 13.9 Å². The van der Waals surface area contributed by atoms with Crippen LogP contribution in [0.15, 0.2) is 27.8 Å². The maximum absolute atomic E-state index is 12.4.